The summed E-state index contributed by atoms with van der Waals surface area (Å²) in [5, 5.41) is 10.8. The fourth-order valence-electron chi connectivity index (χ4n) is 2.34. The van der Waals surface area contributed by atoms with Crippen LogP contribution in [0.5, 0.6) is 5.88 Å². The first-order valence-electron chi connectivity index (χ1n) is 6.28. The van der Waals surface area contributed by atoms with Crippen LogP contribution in [0.1, 0.15) is 25.7 Å². The average molecular weight is 286 g/mol. The van der Waals surface area contributed by atoms with Crippen LogP contribution >= 0.6 is 11.6 Å². The van der Waals surface area contributed by atoms with Gasteiger partial charge in [-0.05, 0) is 25.8 Å². The van der Waals surface area contributed by atoms with E-state index >= 15 is 0 Å². The second kappa shape index (κ2) is 6.16. The van der Waals surface area contributed by atoms with E-state index in [9.17, 15) is 10.1 Å². The Hall–Kier alpha value is -1.40. The van der Waals surface area contributed by atoms with Gasteiger partial charge in [0, 0.05) is 12.0 Å². The summed E-state index contributed by atoms with van der Waals surface area (Å²) in [7, 11) is 0. The zero-order chi connectivity index (χ0) is 13.8. The molecule has 0 aliphatic heterocycles. The average Bonchev–Trinajstić information content (AvgIpc) is 2.41. The predicted molar refractivity (Wildman–Crippen MR) is 71.3 cm³/mol. The van der Waals surface area contributed by atoms with Crippen LogP contribution in [0.2, 0.25) is 5.02 Å². The van der Waals surface area contributed by atoms with Crippen molar-refractivity contribution in [1.29, 1.82) is 0 Å². The Kier molecular flexibility index (Phi) is 4.55. The monoisotopic (exact) mass is 285 g/mol. The summed E-state index contributed by atoms with van der Waals surface area (Å²) in [4.78, 5) is 14.0. The molecule has 1 fully saturated rings. The highest BCUT2D eigenvalue weighted by molar-refractivity contribution is 6.32. The summed E-state index contributed by atoms with van der Waals surface area (Å²) < 4.78 is 5.78. The summed E-state index contributed by atoms with van der Waals surface area (Å²) in [5.41, 5.74) is 5.58. The van der Waals surface area contributed by atoms with Crippen molar-refractivity contribution in [2.75, 3.05) is 6.54 Å². The van der Waals surface area contributed by atoms with Gasteiger partial charge in [0.05, 0.1) is 4.92 Å². The first kappa shape index (κ1) is 14.0. The lowest BCUT2D eigenvalue weighted by molar-refractivity contribution is -0.385. The van der Waals surface area contributed by atoms with Gasteiger partial charge in [-0.15, -0.1) is 0 Å². The van der Waals surface area contributed by atoms with E-state index in [2.05, 4.69) is 4.98 Å². The number of nitro groups is 1. The minimum atomic E-state index is -0.536. The second-order valence-electron chi connectivity index (χ2n) is 4.67. The summed E-state index contributed by atoms with van der Waals surface area (Å²) in [6, 6.07) is 1.25. The summed E-state index contributed by atoms with van der Waals surface area (Å²) in [6.45, 7) is 0.565. The minimum absolute atomic E-state index is 0.00907. The molecule has 0 amide bonds. The molecule has 0 radical (unpaired) electrons. The number of nitrogens with zero attached hydrogens (tertiary/aromatic N) is 2. The molecule has 2 N–H and O–H groups in total. The predicted octanol–water partition coefficient (Wildman–Crippen LogP) is 2.54. The van der Waals surface area contributed by atoms with Gasteiger partial charge in [-0.3, -0.25) is 10.1 Å². The first-order chi connectivity index (χ1) is 9.11. The molecule has 1 aromatic rings. The third-order valence-electron chi connectivity index (χ3n) is 3.41. The lowest BCUT2D eigenvalue weighted by atomic mass is 9.86. The third kappa shape index (κ3) is 3.33. The Morgan fingerprint density at radius 3 is 2.89 bits per heavy atom. The molecule has 0 spiro atoms. The smallest absolute Gasteiger partial charge is 0.289 e. The molecule has 2 unspecified atom stereocenters. The van der Waals surface area contributed by atoms with E-state index in [4.69, 9.17) is 22.1 Å². The van der Waals surface area contributed by atoms with Crippen LogP contribution in [0.25, 0.3) is 0 Å². The van der Waals surface area contributed by atoms with Crippen molar-refractivity contribution < 1.29 is 9.66 Å². The summed E-state index contributed by atoms with van der Waals surface area (Å²) in [6.07, 6.45) is 5.34. The first-order valence-corrected chi connectivity index (χ1v) is 6.66. The van der Waals surface area contributed by atoms with Crippen LogP contribution < -0.4 is 10.5 Å². The van der Waals surface area contributed by atoms with Crippen LogP contribution in [-0.2, 0) is 0 Å². The molecule has 0 aromatic carbocycles. The molecule has 1 aliphatic carbocycles. The van der Waals surface area contributed by atoms with Gasteiger partial charge in [-0.1, -0.05) is 18.0 Å². The molecular formula is C12H16ClN3O3. The Morgan fingerprint density at radius 2 is 2.26 bits per heavy atom. The van der Waals surface area contributed by atoms with Crippen molar-refractivity contribution in [3.05, 3.63) is 27.4 Å². The van der Waals surface area contributed by atoms with Gasteiger partial charge in [0.25, 0.3) is 5.69 Å². The van der Waals surface area contributed by atoms with Gasteiger partial charge >= 0.3 is 0 Å². The van der Waals surface area contributed by atoms with Gasteiger partial charge in [0.15, 0.2) is 0 Å². The Morgan fingerprint density at radius 1 is 1.53 bits per heavy atom. The zero-order valence-corrected chi connectivity index (χ0v) is 11.2. The number of aromatic nitrogens is 1. The summed E-state index contributed by atoms with van der Waals surface area (Å²) >= 11 is 5.96. The maximum Gasteiger partial charge on any atom is 0.289 e. The minimum Gasteiger partial charge on any atom is -0.473 e. The zero-order valence-electron chi connectivity index (χ0n) is 10.4. The fraction of sp³-hybridized carbons (Fsp3) is 0.583. The van der Waals surface area contributed by atoms with Crippen LogP contribution in [0, 0.1) is 16.0 Å². The van der Waals surface area contributed by atoms with Crippen molar-refractivity contribution >= 4 is 17.3 Å². The Labute approximate surface area is 116 Å². The highest BCUT2D eigenvalue weighted by Gasteiger charge is 2.27. The van der Waals surface area contributed by atoms with Gasteiger partial charge in [-0.25, -0.2) is 4.98 Å². The highest BCUT2D eigenvalue weighted by Crippen LogP contribution is 2.31. The molecule has 104 valence electrons. The van der Waals surface area contributed by atoms with Crippen molar-refractivity contribution in [3.8, 4) is 5.88 Å². The topological polar surface area (TPSA) is 91.3 Å². The lowest BCUT2D eigenvalue weighted by Crippen LogP contribution is -2.35. The van der Waals surface area contributed by atoms with Gasteiger partial charge in [-0.2, -0.15) is 0 Å². The third-order valence-corrected chi connectivity index (χ3v) is 3.68. The van der Waals surface area contributed by atoms with Crippen molar-refractivity contribution in [3.63, 3.8) is 0 Å². The van der Waals surface area contributed by atoms with E-state index in [-0.39, 0.29) is 22.7 Å². The molecule has 0 saturated heterocycles. The summed E-state index contributed by atoms with van der Waals surface area (Å²) in [5.74, 6) is 0.541. The number of hydrogen-bond acceptors (Lipinski definition) is 5. The molecule has 19 heavy (non-hydrogen) atoms. The van der Waals surface area contributed by atoms with E-state index < -0.39 is 4.92 Å². The molecule has 1 aromatic heterocycles. The molecule has 0 bridgehead atoms. The van der Waals surface area contributed by atoms with E-state index in [1.807, 2.05) is 0 Å². The maximum absolute atomic E-state index is 10.6. The fourth-order valence-corrected chi connectivity index (χ4v) is 2.55. The van der Waals surface area contributed by atoms with Crippen LogP contribution in [0.15, 0.2) is 12.3 Å². The van der Waals surface area contributed by atoms with E-state index in [0.717, 1.165) is 31.9 Å². The van der Waals surface area contributed by atoms with Crippen LogP contribution in [0.4, 0.5) is 5.69 Å². The largest absolute Gasteiger partial charge is 0.473 e. The van der Waals surface area contributed by atoms with Crippen molar-refractivity contribution in [2.24, 2.45) is 11.7 Å². The molecule has 1 aliphatic rings. The van der Waals surface area contributed by atoms with E-state index in [1.165, 1.54) is 6.07 Å². The van der Waals surface area contributed by atoms with Gasteiger partial charge < -0.3 is 10.5 Å². The Balaban J connectivity index is 2.11. The van der Waals surface area contributed by atoms with Gasteiger partial charge in [0.2, 0.25) is 5.88 Å². The normalized spacial score (nSPS) is 23.1. The Bertz CT molecular complexity index is 470. The standard InChI is InChI=1S/C12H16ClN3O3/c13-10-5-9(16(17)18)7-15-12(10)19-11-4-2-1-3-8(11)6-14/h5,7-8,11H,1-4,6,14H2. The number of rotatable bonds is 4. The lowest BCUT2D eigenvalue weighted by Gasteiger charge is -2.30. The number of hydrogen-bond donors (Lipinski definition) is 1. The second-order valence-corrected chi connectivity index (χ2v) is 5.08. The SMILES string of the molecule is NCC1CCCCC1Oc1ncc([N+](=O)[O-])cc1Cl. The molecule has 7 heteroatoms. The number of nitrogens with two attached hydrogens (primary N) is 1. The molecular weight excluding hydrogens is 270 g/mol. The van der Waals surface area contributed by atoms with Crippen molar-refractivity contribution in [2.45, 2.75) is 31.8 Å². The maximum atomic E-state index is 10.6. The van der Waals surface area contributed by atoms with Crippen LogP contribution in [0.3, 0.4) is 0 Å². The molecule has 2 atom stereocenters. The van der Waals surface area contributed by atoms with Crippen LogP contribution in [-0.4, -0.2) is 22.6 Å². The van der Waals surface area contributed by atoms with Gasteiger partial charge in [0.1, 0.15) is 17.3 Å². The molecule has 2 rings (SSSR count). The number of ether oxygens (including phenoxy) is 1. The molecule has 1 heterocycles. The van der Waals surface area contributed by atoms with E-state index in [0.29, 0.717) is 12.5 Å². The quantitative estimate of drug-likeness (QED) is 0.678. The molecule has 1 saturated carbocycles. The molecule has 6 nitrogen and oxygen atoms in total. The number of pyridine rings is 1. The number of halogens is 1. The van der Waals surface area contributed by atoms with Crippen molar-refractivity contribution in [1.82, 2.24) is 4.98 Å². The highest BCUT2D eigenvalue weighted by atomic mass is 35.5. The van der Waals surface area contributed by atoms with E-state index in [1.54, 1.807) is 0 Å².